The maximum Gasteiger partial charge on any atom is 0.280 e. The number of rotatable bonds is 43. The first-order chi connectivity index (χ1) is 70.5. The fraction of sp³-hybridized carbons (Fsp3) is 0.309. The van der Waals surface area contributed by atoms with E-state index in [1.54, 1.807) is 63.6 Å². The molecule has 0 aliphatic carbocycles. The minimum Gasteiger partial charge on any atom is -0.497 e. The van der Waals surface area contributed by atoms with Crippen LogP contribution in [0.15, 0.2) is 240 Å². The van der Waals surface area contributed by atoms with Gasteiger partial charge in [0.05, 0.1) is 45.9 Å². The van der Waals surface area contributed by atoms with Crippen LogP contribution in [-0.2, 0) is 36.8 Å². The molecule has 762 valence electrons. The van der Waals surface area contributed by atoms with Crippen molar-refractivity contribution in [2.24, 2.45) is 15.2 Å². The molecule has 0 saturated carbocycles. The fourth-order valence-corrected chi connectivity index (χ4v) is 17.3. The van der Waals surface area contributed by atoms with Crippen LogP contribution in [0.25, 0.3) is 17.0 Å². The van der Waals surface area contributed by atoms with Crippen molar-refractivity contribution in [2.75, 3.05) is 61.1 Å². The van der Waals surface area contributed by atoms with Crippen molar-refractivity contribution in [1.82, 2.24) is 54.8 Å². The van der Waals surface area contributed by atoms with Gasteiger partial charge in [0.15, 0.2) is 41.3 Å². The number of nitrogens with zero attached hydrogens (tertiary/aromatic N) is 12. The molecular formula is C110H119Cl5N18O13. The number of methoxy groups -OCH3 is 1. The van der Waals surface area contributed by atoms with Crippen LogP contribution in [0.3, 0.4) is 0 Å². The van der Waals surface area contributed by atoms with E-state index in [0.717, 1.165) is 104 Å². The summed E-state index contributed by atoms with van der Waals surface area (Å²) in [5, 5.41) is 40.4. The Labute approximate surface area is 873 Å². The van der Waals surface area contributed by atoms with E-state index in [1.165, 1.54) is 12.1 Å². The Bertz CT molecular complexity index is 7040. The predicted octanol–water partition coefficient (Wildman–Crippen LogP) is 25.5. The minimum atomic E-state index is -1.20. The molecule has 36 heteroatoms. The lowest BCUT2D eigenvalue weighted by molar-refractivity contribution is -0.123. The number of H-pyrrole nitrogens is 2. The maximum absolute atomic E-state index is 13.7. The SMILES string of the molecule is CCC(Oc1ccc(C)cc1C)C(=O)Nc1ccc(Oc2ccc(OC)cc2)c(CC(C)c2nc3c(-n4cccn4)c(OCCOc4ccccc4)nn3[nH]2)c1.CCC(Oc1cccc(C)c1)C(=O)Nc1ccc(Cl)c(N=C2NN(c3c(Cl)cc(Cl)cc3Cl)C(=O)C2N=Nc2ccc(C)cc2)c1.CCCCCCC(Oc1ccc(C)cc1C)C(=O)Nc1ccc(OCCOCC)c(CC(C)c2nc3c(Cl)c(C)[nH]n3n2)c1. The Balaban J connectivity index is 0.000000175. The number of ether oxygens (including phenoxy) is 9. The number of aryl methyl sites for hydroxylation is 7. The van der Waals surface area contributed by atoms with E-state index in [9.17, 15) is 19.2 Å². The smallest absolute Gasteiger partial charge is 0.280 e. The number of hydrazine groups is 1. The second-order valence-corrected chi connectivity index (χ2v) is 37.4. The number of halogens is 5. The number of fused-ring (bicyclic) bond motifs is 2. The zero-order valence-corrected chi connectivity index (χ0v) is 87.6. The van der Waals surface area contributed by atoms with Crippen molar-refractivity contribution in [3.63, 3.8) is 0 Å². The van der Waals surface area contributed by atoms with Crippen LogP contribution in [0.4, 0.5) is 34.1 Å². The first-order valence-electron chi connectivity index (χ1n) is 48.4. The third-order valence-corrected chi connectivity index (χ3v) is 25.2. The van der Waals surface area contributed by atoms with Gasteiger partial charge in [-0.2, -0.15) is 20.0 Å². The Kier molecular flexibility index (Phi) is 37.7. The lowest BCUT2D eigenvalue weighted by Gasteiger charge is -2.21. The average molecular weight is 2080 g/mol. The first-order valence-corrected chi connectivity index (χ1v) is 50.3. The van der Waals surface area contributed by atoms with Gasteiger partial charge in [0.25, 0.3) is 29.5 Å². The van der Waals surface area contributed by atoms with Crippen molar-refractivity contribution < 1.29 is 61.8 Å². The standard InChI is InChI=1S/C43H45N7O6.C34H46ClN5O4.C33H28Cl4N6O3/c1-6-36(56-37-19-13-28(2)25-29(37)3)42(51)45-32-14-20-38(55-35-17-15-33(52-5)16-18-35)31(27-32)26-30(4)40-46-41-39(49-22-10-21-44-49)43(48-50(41)47-40)54-24-23-53-34-11-8-7-9-12-34;1-7-9-10-11-12-30(44-28-15-13-22(3)19-23(28)4)34(41)36-27-14-16-29(43-18-17-42-8-2)26(21-27)20-24(5)32-37-33-31(35)25(6)38-40(33)39-32;1-4-28(46-23-7-5-6-19(3)14-23)32(44)38-22-12-13-24(35)27(17-22)39-31-29(41-40-21-10-8-18(2)9-11-21)33(45)43(42-31)30-25(36)15-20(34)16-26(30)37/h7-22,25,27,30,36H,6,23-24,26H2,1-5H3,(H,45,51)(H,46,47);13-16,19,21,24,30,38H,7-12,17-18,20H2,1-6H3,(H,36,41);5-17,28-29H,4H2,1-3H3,(H,38,44)(H,39,42). The predicted molar refractivity (Wildman–Crippen MR) is 573 cm³/mol. The molecule has 4 amide bonds. The molecule has 146 heavy (non-hydrogen) atoms. The summed E-state index contributed by atoms with van der Waals surface area (Å²) >= 11 is 31.9. The Morgan fingerprint density at radius 3 is 1.73 bits per heavy atom. The number of carbonyl (C=O) groups is 4. The normalized spacial score (nSPS) is 13.6. The molecule has 6 unspecified atom stereocenters. The highest BCUT2D eigenvalue weighted by Crippen LogP contribution is 2.42. The number of amides is 4. The Hall–Kier alpha value is -14.5. The van der Waals surface area contributed by atoms with Gasteiger partial charge in [-0.1, -0.05) is 195 Å². The van der Waals surface area contributed by atoms with Gasteiger partial charge in [0.2, 0.25) is 11.7 Å². The third-order valence-electron chi connectivity index (χ3n) is 23.7. The molecular weight excluding hydrogens is 1960 g/mol. The van der Waals surface area contributed by atoms with Gasteiger partial charge in [-0.25, -0.2) is 24.7 Å². The van der Waals surface area contributed by atoms with Gasteiger partial charge in [0, 0.05) is 52.9 Å². The summed E-state index contributed by atoms with van der Waals surface area (Å²) in [6.45, 7) is 28.1. The van der Waals surface area contributed by atoms with E-state index in [4.69, 9.17) is 106 Å². The van der Waals surface area contributed by atoms with Crippen molar-refractivity contribution in [1.29, 1.82) is 0 Å². The van der Waals surface area contributed by atoms with Crippen LogP contribution in [0.5, 0.6) is 51.9 Å². The molecule has 5 aromatic heterocycles. The highest BCUT2D eigenvalue weighted by Gasteiger charge is 2.42. The molecule has 1 aliphatic rings. The number of anilines is 4. The molecule has 0 spiro atoms. The van der Waals surface area contributed by atoms with Crippen molar-refractivity contribution in [3.8, 4) is 57.6 Å². The number of aromatic nitrogens is 10. The number of aliphatic imine (C=N–C) groups is 1. The summed E-state index contributed by atoms with van der Waals surface area (Å²) in [5.74, 6) is 5.89. The van der Waals surface area contributed by atoms with E-state index in [1.807, 2.05) is 233 Å². The van der Waals surface area contributed by atoms with Gasteiger partial charge < -0.3 is 58.6 Å². The molecule has 15 aromatic rings. The quantitative estimate of drug-likeness (QED) is 0.0153. The summed E-state index contributed by atoms with van der Waals surface area (Å²) in [6.07, 6.45) is 8.42. The number of para-hydroxylation sites is 1. The summed E-state index contributed by atoms with van der Waals surface area (Å²) < 4.78 is 58.5. The molecule has 10 aromatic carbocycles. The molecule has 1 saturated heterocycles. The van der Waals surface area contributed by atoms with Gasteiger partial charge in [-0.3, -0.25) is 34.8 Å². The number of amidine groups is 1. The Morgan fingerprint density at radius 2 is 1.10 bits per heavy atom. The van der Waals surface area contributed by atoms with Crippen molar-refractivity contribution in [2.45, 2.75) is 184 Å². The molecule has 6 atom stereocenters. The van der Waals surface area contributed by atoms with E-state index in [-0.39, 0.29) is 68.4 Å². The number of carbonyl (C=O) groups excluding carboxylic acids is 4. The lowest BCUT2D eigenvalue weighted by atomic mass is 9.99. The van der Waals surface area contributed by atoms with E-state index < -0.39 is 30.3 Å². The molecule has 6 heterocycles. The van der Waals surface area contributed by atoms with Crippen molar-refractivity contribution in [3.05, 3.63) is 312 Å². The summed E-state index contributed by atoms with van der Waals surface area (Å²) in [5.41, 5.74) is 16.4. The van der Waals surface area contributed by atoms with Crippen LogP contribution >= 0.6 is 58.0 Å². The van der Waals surface area contributed by atoms with Gasteiger partial charge >= 0.3 is 0 Å². The zero-order chi connectivity index (χ0) is 104. The number of hydrogen-bond donors (Lipinski definition) is 6. The Morgan fingerprint density at radius 1 is 0.507 bits per heavy atom. The molecule has 0 bridgehead atoms. The minimum absolute atomic E-state index is 0.0426. The van der Waals surface area contributed by atoms with Crippen LogP contribution in [0.2, 0.25) is 25.1 Å². The second-order valence-electron chi connectivity index (χ2n) is 35.3. The number of nitrogens with one attached hydrogen (secondary N) is 6. The molecule has 1 fully saturated rings. The summed E-state index contributed by atoms with van der Waals surface area (Å²) in [6, 6.07) is 63.5. The highest BCUT2D eigenvalue weighted by atomic mass is 35.5. The van der Waals surface area contributed by atoms with E-state index in [2.05, 4.69) is 93.9 Å². The topological polar surface area (TPSA) is 350 Å². The third kappa shape index (κ3) is 28.6. The van der Waals surface area contributed by atoms with Crippen molar-refractivity contribution >= 4 is 133 Å². The number of benzene rings is 10. The first kappa shape index (κ1) is 107. The summed E-state index contributed by atoms with van der Waals surface area (Å²) in [7, 11) is 1.62. The van der Waals surface area contributed by atoms with Crippen LogP contribution in [0.1, 0.15) is 160 Å². The largest absolute Gasteiger partial charge is 0.497 e. The molecule has 16 rings (SSSR count). The molecule has 31 nitrogen and oxygen atoms in total. The van der Waals surface area contributed by atoms with Crippen LogP contribution in [0, 0.1) is 48.5 Å². The maximum atomic E-state index is 13.7. The zero-order valence-electron chi connectivity index (χ0n) is 83.8. The molecule has 1 aliphatic heterocycles. The van der Waals surface area contributed by atoms with Gasteiger partial charge in [-0.05, 0) is 267 Å². The van der Waals surface area contributed by atoms with Crippen LogP contribution in [-0.4, -0.2) is 143 Å². The lowest BCUT2D eigenvalue weighted by Crippen LogP contribution is -2.36. The van der Waals surface area contributed by atoms with E-state index in [0.29, 0.717) is 149 Å². The van der Waals surface area contributed by atoms with E-state index >= 15 is 0 Å². The number of hydrogen-bond acceptors (Lipinski definition) is 21. The molecule has 0 radical (unpaired) electrons. The second kappa shape index (κ2) is 51.3. The number of unbranched alkanes of at least 4 members (excludes halogenated alkanes) is 3. The average Bonchev–Trinajstić information content (AvgIpc) is 1.61. The van der Waals surface area contributed by atoms with Crippen LogP contribution < -0.4 is 64.3 Å². The van der Waals surface area contributed by atoms with Gasteiger partial charge in [0.1, 0.15) is 82.4 Å². The number of aromatic amines is 2. The number of azo groups is 1. The highest BCUT2D eigenvalue weighted by molar-refractivity contribution is 6.43. The monoisotopic (exact) mass is 2070 g/mol. The summed E-state index contributed by atoms with van der Waals surface area (Å²) in [4.78, 5) is 68.4. The fourth-order valence-electron chi connectivity index (χ4n) is 16.0. The van der Waals surface area contributed by atoms with Gasteiger partial charge in [-0.15, -0.1) is 14.8 Å². The molecule has 6 N–H and O–H groups in total.